The van der Waals surface area contributed by atoms with Crippen LogP contribution in [-0.4, -0.2) is 5.91 Å². The number of benzene rings is 2. The summed E-state index contributed by atoms with van der Waals surface area (Å²) in [6.07, 6.45) is 0. The molecule has 0 aliphatic carbocycles. The molecular formula is C13H6Br4ClNO. The van der Waals surface area contributed by atoms with Crippen molar-refractivity contribution in [3.8, 4) is 0 Å². The molecule has 0 saturated carbocycles. The Kier molecular flexibility index (Phi) is 5.71. The number of carbonyl (C=O) groups is 1. The third-order valence-electron chi connectivity index (χ3n) is 2.43. The maximum Gasteiger partial charge on any atom is 0.255 e. The molecular weight excluding hydrogens is 541 g/mol. The molecule has 0 bridgehead atoms. The van der Waals surface area contributed by atoms with Gasteiger partial charge in [-0.1, -0.05) is 27.5 Å². The predicted octanol–water partition coefficient (Wildman–Crippen LogP) is 6.64. The minimum atomic E-state index is -0.217. The summed E-state index contributed by atoms with van der Waals surface area (Å²) in [6, 6.07) is 8.74. The van der Waals surface area contributed by atoms with Gasteiger partial charge < -0.3 is 5.32 Å². The molecule has 0 fully saturated rings. The Labute approximate surface area is 154 Å². The highest BCUT2D eigenvalue weighted by Gasteiger charge is 2.13. The van der Waals surface area contributed by atoms with Gasteiger partial charge in [-0.15, -0.1) is 0 Å². The van der Waals surface area contributed by atoms with E-state index in [1.807, 2.05) is 12.1 Å². The van der Waals surface area contributed by atoms with Crippen LogP contribution in [0.3, 0.4) is 0 Å². The van der Waals surface area contributed by atoms with Crippen molar-refractivity contribution < 1.29 is 4.79 Å². The summed E-state index contributed by atoms with van der Waals surface area (Å²) in [5, 5.41) is 3.41. The lowest BCUT2D eigenvalue weighted by atomic mass is 10.2. The van der Waals surface area contributed by atoms with Gasteiger partial charge in [0, 0.05) is 23.5 Å². The van der Waals surface area contributed by atoms with Crippen LogP contribution in [-0.2, 0) is 0 Å². The van der Waals surface area contributed by atoms with Gasteiger partial charge in [-0.3, -0.25) is 4.79 Å². The Hall–Kier alpha value is 0.120. The van der Waals surface area contributed by atoms with E-state index in [0.717, 1.165) is 13.4 Å². The van der Waals surface area contributed by atoms with Gasteiger partial charge in [0.15, 0.2) is 0 Å². The molecule has 0 saturated heterocycles. The number of halogens is 5. The van der Waals surface area contributed by atoms with Gasteiger partial charge >= 0.3 is 0 Å². The molecule has 1 N–H and O–H groups in total. The quantitative estimate of drug-likeness (QED) is 0.449. The maximum atomic E-state index is 12.2. The smallest absolute Gasteiger partial charge is 0.255 e. The van der Waals surface area contributed by atoms with Gasteiger partial charge in [0.2, 0.25) is 0 Å². The first-order chi connectivity index (χ1) is 9.38. The molecule has 0 heterocycles. The molecule has 0 radical (unpaired) electrons. The van der Waals surface area contributed by atoms with Crippen LogP contribution in [0.4, 0.5) is 5.69 Å². The van der Waals surface area contributed by atoms with Crippen molar-refractivity contribution in [2.45, 2.75) is 0 Å². The van der Waals surface area contributed by atoms with E-state index in [9.17, 15) is 4.79 Å². The molecule has 104 valence electrons. The van der Waals surface area contributed by atoms with Crippen molar-refractivity contribution in [2.24, 2.45) is 0 Å². The molecule has 0 atom stereocenters. The van der Waals surface area contributed by atoms with Crippen LogP contribution in [0.25, 0.3) is 0 Å². The fourth-order valence-electron chi connectivity index (χ4n) is 1.48. The summed E-state index contributed by atoms with van der Waals surface area (Å²) >= 11 is 19.4. The lowest BCUT2D eigenvalue weighted by Gasteiger charge is -2.11. The van der Waals surface area contributed by atoms with Crippen molar-refractivity contribution in [1.29, 1.82) is 0 Å². The van der Waals surface area contributed by atoms with Gasteiger partial charge in [-0.25, -0.2) is 0 Å². The van der Waals surface area contributed by atoms with Crippen LogP contribution in [0.2, 0.25) is 5.02 Å². The zero-order valence-corrected chi connectivity index (χ0v) is 16.8. The molecule has 0 spiro atoms. The minimum Gasteiger partial charge on any atom is -0.320 e. The van der Waals surface area contributed by atoms with Gasteiger partial charge in [0.25, 0.3) is 5.91 Å². The summed E-state index contributed by atoms with van der Waals surface area (Å²) in [5.74, 6) is -0.217. The summed E-state index contributed by atoms with van der Waals surface area (Å²) in [6.45, 7) is 0. The first-order valence-electron chi connectivity index (χ1n) is 5.29. The summed E-state index contributed by atoms with van der Waals surface area (Å²) in [5.41, 5.74) is 1.19. The maximum absolute atomic E-state index is 12.2. The molecule has 0 aliphatic heterocycles. The normalized spacial score (nSPS) is 10.4. The number of hydrogen-bond donors (Lipinski definition) is 1. The molecule has 1 amide bonds. The number of anilines is 1. The van der Waals surface area contributed by atoms with Gasteiger partial charge in [-0.05, 0) is 78.1 Å². The van der Waals surface area contributed by atoms with Crippen LogP contribution in [0.5, 0.6) is 0 Å². The van der Waals surface area contributed by atoms with E-state index in [2.05, 4.69) is 69.0 Å². The second-order valence-corrected chi connectivity index (χ2v) is 7.71. The topological polar surface area (TPSA) is 29.1 Å². The van der Waals surface area contributed by atoms with E-state index in [1.54, 1.807) is 18.2 Å². The SMILES string of the molecule is O=C(Nc1c(Br)cc(Br)cc1Br)c1ccc(Cl)c(Br)c1. The second-order valence-electron chi connectivity index (χ2n) is 3.83. The summed E-state index contributed by atoms with van der Waals surface area (Å²) in [7, 11) is 0. The van der Waals surface area contributed by atoms with Crippen molar-refractivity contribution in [2.75, 3.05) is 5.32 Å². The Balaban J connectivity index is 2.30. The zero-order valence-electron chi connectivity index (χ0n) is 9.68. The molecule has 2 nitrogen and oxygen atoms in total. The van der Waals surface area contributed by atoms with E-state index >= 15 is 0 Å². The Bertz CT molecular complexity index is 667. The van der Waals surface area contributed by atoms with Crippen LogP contribution >= 0.6 is 75.3 Å². The van der Waals surface area contributed by atoms with Crippen molar-refractivity contribution in [1.82, 2.24) is 0 Å². The Morgan fingerprint density at radius 1 is 0.950 bits per heavy atom. The molecule has 2 aromatic rings. The molecule has 0 unspecified atom stereocenters. The Morgan fingerprint density at radius 2 is 1.55 bits per heavy atom. The van der Waals surface area contributed by atoms with E-state index in [0.29, 0.717) is 20.7 Å². The fourth-order valence-corrected chi connectivity index (χ4v) is 4.44. The van der Waals surface area contributed by atoms with E-state index in [4.69, 9.17) is 11.6 Å². The van der Waals surface area contributed by atoms with E-state index in [-0.39, 0.29) is 5.91 Å². The lowest BCUT2D eigenvalue weighted by molar-refractivity contribution is 0.102. The lowest BCUT2D eigenvalue weighted by Crippen LogP contribution is -2.12. The van der Waals surface area contributed by atoms with Crippen LogP contribution in [0.1, 0.15) is 10.4 Å². The molecule has 2 rings (SSSR count). The van der Waals surface area contributed by atoms with Crippen molar-refractivity contribution in [3.63, 3.8) is 0 Å². The molecule has 20 heavy (non-hydrogen) atoms. The number of hydrogen-bond acceptors (Lipinski definition) is 1. The average Bonchev–Trinajstić information content (AvgIpc) is 2.36. The summed E-state index contributed by atoms with van der Waals surface area (Å²) in [4.78, 5) is 12.2. The first kappa shape index (κ1) is 16.5. The van der Waals surface area contributed by atoms with E-state index in [1.165, 1.54) is 0 Å². The predicted molar refractivity (Wildman–Crippen MR) is 96.6 cm³/mol. The average molecular weight is 547 g/mol. The first-order valence-corrected chi connectivity index (χ1v) is 8.84. The number of amides is 1. The van der Waals surface area contributed by atoms with Crippen molar-refractivity contribution >= 4 is 86.9 Å². The number of rotatable bonds is 2. The van der Waals surface area contributed by atoms with Crippen LogP contribution in [0, 0.1) is 0 Å². The zero-order chi connectivity index (χ0) is 14.9. The highest BCUT2D eigenvalue weighted by molar-refractivity contribution is 9.11. The highest BCUT2D eigenvalue weighted by Crippen LogP contribution is 2.34. The molecule has 0 aliphatic rings. The molecule has 2 aromatic carbocycles. The van der Waals surface area contributed by atoms with Crippen LogP contribution in [0.15, 0.2) is 48.2 Å². The van der Waals surface area contributed by atoms with Gasteiger partial charge in [0.1, 0.15) is 0 Å². The highest BCUT2D eigenvalue weighted by atomic mass is 79.9. The largest absolute Gasteiger partial charge is 0.320 e. The standard InChI is InChI=1S/C13H6Br4ClNO/c14-7-4-9(16)12(10(17)5-7)19-13(20)6-1-2-11(18)8(15)3-6/h1-5H,(H,19,20). The monoisotopic (exact) mass is 543 g/mol. The fraction of sp³-hybridized carbons (Fsp3) is 0. The molecule has 7 heteroatoms. The Morgan fingerprint density at radius 3 is 2.10 bits per heavy atom. The van der Waals surface area contributed by atoms with Crippen molar-refractivity contribution in [3.05, 3.63) is 58.8 Å². The van der Waals surface area contributed by atoms with Gasteiger partial charge in [0.05, 0.1) is 10.7 Å². The van der Waals surface area contributed by atoms with Crippen LogP contribution < -0.4 is 5.32 Å². The third kappa shape index (κ3) is 3.85. The third-order valence-corrected chi connectivity index (χ3v) is 5.35. The van der Waals surface area contributed by atoms with Gasteiger partial charge in [-0.2, -0.15) is 0 Å². The molecule has 0 aromatic heterocycles. The summed E-state index contributed by atoms with van der Waals surface area (Å²) < 4.78 is 3.14. The number of carbonyl (C=O) groups excluding carboxylic acids is 1. The minimum absolute atomic E-state index is 0.217. The number of nitrogens with one attached hydrogen (secondary N) is 1. The second kappa shape index (κ2) is 6.92. The van der Waals surface area contributed by atoms with E-state index < -0.39 is 0 Å².